The van der Waals surface area contributed by atoms with Gasteiger partial charge in [0.15, 0.2) is 0 Å². The predicted octanol–water partition coefficient (Wildman–Crippen LogP) is 6.03. The van der Waals surface area contributed by atoms with Gasteiger partial charge >= 0.3 is 48.4 Å². The summed E-state index contributed by atoms with van der Waals surface area (Å²) in [6.45, 7) is 18.3. The van der Waals surface area contributed by atoms with Crippen LogP contribution >= 0.6 is 0 Å². The van der Waals surface area contributed by atoms with E-state index in [2.05, 4.69) is 56.6 Å². The van der Waals surface area contributed by atoms with Crippen molar-refractivity contribution in [2.75, 3.05) is 39.5 Å². The molecule has 70 heavy (non-hydrogen) atoms. The number of aliphatic carboxylic acids is 3. The van der Waals surface area contributed by atoms with Crippen molar-refractivity contribution in [2.24, 2.45) is 5.73 Å². The molecule has 0 bridgehead atoms. The number of alkyl carbamates (subject to hydrolysis) is 5. The van der Waals surface area contributed by atoms with E-state index < -0.39 is 77.7 Å². The molecule has 0 aromatic heterocycles. The van der Waals surface area contributed by atoms with Gasteiger partial charge in [0.2, 0.25) is 0 Å². The average Bonchev–Trinajstić information content (AvgIpc) is 3.59. The summed E-state index contributed by atoms with van der Waals surface area (Å²) in [5, 5.41) is 38.9. The fraction of sp³-hybridized carbons (Fsp3) is 0.500. The van der Waals surface area contributed by atoms with E-state index in [-0.39, 0.29) is 51.7 Å². The molecule has 1 aliphatic carbocycles. The first-order valence-electron chi connectivity index (χ1n) is 22.4. The topological polar surface area (TPSA) is 330 Å². The van der Waals surface area contributed by atoms with Crippen molar-refractivity contribution in [1.82, 2.24) is 26.6 Å². The van der Waals surface area contributed by atoms with Crippen LogP contribution < -0.4 is 32.3 Å². The van der Waals surface area contributed by atoms with E-state index in [1.54, 1.807) is 41.5 Å². The van der Waals surface area contributed by atoms with Crippen LogP contribution in [0.3, 0.4) is 0 Å². The van der Waals surface area contributed by atoms with Crippen molar-refractivity contribution in [3.05, 3.63) is 85.0 Å². The number of nitrogens with one attached hydrogen (secondary N) is 5. The zero-order chi connectivity index (χ0) is 52.9. The predicted molar refractivity (Wildman–Crippen MR) is 257 cm³/mol. The van der Waals surface area contributed by atoms with E-state index in [1.165, 1.54) is 12.2 Å². The molecule has 3 atom stereocenters. The highest BCUT2D eigenvalue weighted by Crippen LogP contribution is 2.44. The van der Waals surface area contributed by atoms with Crippen LogP contribution in [0, 0.1) is 0 Å². The molecule has 3 rings (SSSR count). The average molecular weight is 987 g/mol. The van der Waals surface area contributed by atoms with Gasteiger partial charge in [0, 0.05) is 25.6 Å². The summed E-state index contributed by atoms with van der Waals surface area (Å²) in [5.74, 6) is -3.41. The number of ether oxygens (including phenoxy) is 5. The van der Waals surface area contributed by atoms with Crippen LogP contribution in [0.4, 0.5) is 24.0 Å². The van der Waals surface area contributed by atoms with E-state index in [0.29, 0.717) is 32.2 Å². The number of hydrogen-bond acceptors (Lipinski definition) is 14. The van der Waals surface area contributed by atoms with Crippen LogP contribution in [0.5, 0.6) is 0 Å². The molecular weight excluding hydrogens is 917 g/mol. The molecule has 0 radical (unpaired) electrons. The third kappa shape index (κ3) is 26.3. The molecule has 0 saturated carbocycles. The van der Waals surface area contributed by atoms with E-state index in [9.17, 15) is 43.5 Å². The van der Waals surface area contributed by atoms with Gasteiger partial charge in [0.25, 0.3) is 0 Å². The van der Waals surface area contributed by atoms with E-state index in [4.69, 9.17) is 34.9 Å². The Morgan fingerprint density at radius 1 is 0.571 bits per heavy atom. The van der Waals surface area contributed by atoms with Gasteiger partial charge in [0.05, 0.1) is 0 Å². The summed E-state index contributed by atoms with van der Waals surface area (Å²) in [7, 11) is 0. The summed E-state index contributed by atoms with van der Waals surface area (Å²) < 4.78 is 24.8. The second kappa shape index (κ2) is 31.6. The number of amides is 5. The molecule has 22 nitrogen and oxygen atoms in total. The third-order valence-corrected chi connectivity index (χ3v) is 9.14. The van der Waals surface area contributed by atoms with E-state index >= 15 is 0 Å². The van der Waals surface area contributed by atoms with Crippen molar-refractivity contribution >= 4 is 48.4 Å². The second-order valence-electron chi connectivity index (χ2n) is 17.3. The molecule has 1 aliphatic rings. The quantitative estimate of drug-likeness (QED) is 0.0348. The minimum Gasteiger partial charge on any atom is -0.480 e. The molecule has 22 heteroatoms. The number of fused-ring (bicyclic) bond motifs is 3. The maximum absolute atomic E-state index is 12.1. The zero-order valence-electron chi connectivity index (χ0n) is 40.7. The molecule has 2 aromatic rings. The lowest BCUT2D eigenvalue weighted by atomic mass is 9.98. The van der Waals surface area contributed by atoms with Gasteiger partial charge in [0.1, 0.15) is 49.1 Å². The first-order valence-corrected chi connectivity index (χ1v) is 22.4. The van der Waals surface area contributed by atoms with Gasteiger partial charge in [-0.1, -0.05) is 73.8 Å². The highest BCUT2D eigenvalue weighted by Gasteiger charge is 2.29. The summed E-state index contributed by atoms with van der Waals surface area (Å²) in [5.41, 5.74) is 8.72. The maximum Gasteiger partial charge on any atom is 0.408 e. The van der Waals surface area contributed by atoms with Crippen molar-refractivity contribution < 1.29 is 77.4 Å². The number of hydrogen-bond donors (Lipinski definition) is 9. The molecule has 0 aliphatic heterocycles. The highest BCUT2D eigenvalue weighted by molar-refractivity contribution is 5.81. The minimum absolute atomic E-state index is 0.00162. The normalized spacial score (nSPS) is 12.6. The maximum atomic E-state index is 12.1. The van der Waals surface area contributed by atoms with Gasteiger partial charge in [-0.05, 0) is 102 Å². The molecule has 10 N–H and O–H groups in total. The number of carboxylic acids is 3. The molecule has 2 aromatic carbocycles. The third-order valence-electron chi connectivity index (χ3n) is 9.14. The van der Waals surface area contributed by atoms with E-state index in [0.717, 1.165) is 22.3 Å². The Bertz CT molecular complexity index is 2010. The SMILES string of the molecule is C=CCOC(=O)N[C@@H](CCCNC(=O)OC(C)(C)C)C(=O)O.C=CCOC(=O)N[C@@H](CCCNC(=O)OCC1c2ccccc2-c2ccccc21)C(=O)O.CC(C)(C)OC(=O)NCCC[C@H](N)C(=O)O. The summed E-state index contributed by atoms with van der Waals surface area (Å²) in [6, 6.07) is 13.1. The zero-order valence-corrected chi connectivity index (χ0v) is 40.7. The van der Waals surface area contributed by atoms with Crippen LogP contribution in [0.2, 0.25) is 0 Å². The minimum atomic E-state index is -1.18. The van der Waals surface area contributed by atoms with Gasteiger partial charge in [-0.3, -0.25) is 4.79 Å². The van der Waals surface area contributed by atoms with Crippen LogP contribution in [-0.4, -0.2) is 132 Å². The molecular formula is C48H70N6O16. The largest absolute Gasteiger partial charge is 0.480 e. The van der Waals surface area contributed by atoms with Gasteiger partial charge in [-0.2, -0.15) is 0 Å². The molecule has 0 unspecified atom stereocenters. The first kappa shape index (κ1) is 60.7. The number of rotatable bonds is 23. The van der Waals surface area contributed by atoms with Crippen molar-refractivity contribution in [2.45, 2.75) is 115 Å². The van der Waals surface area contributed by atoms with Crippen LogP contribution in [0.1, 0.15) is 97.1 Å². The van der Waals surface area contributed by atoms with Gasteiger partial charge in [-0.25, -0.2) is 33.6 Å². The molecule has 5 amide bonds. The first-order chi connectivity index (χ1) is 32.9. The molecule has 0 fully saturated rings. The van der Waals surface area contributed by atoms with Crippen molar-refractivity contribution in [1.29, 1.82) is 0 Å². The number of nitrogens with two attached hydrogens (primary N) is 1. The highest BCUT2D eigenvalue weighted by atomic mass is 16.6. The van der Waals surface area contributed by atoms with E-state index in [1.807, 2.05) is 36.4 Å². The Labute approximate surface area is 408 Å². The number of benzene rings is 2. The lowest BCUT2D eigenvalue weighted by Gasteiger charge is -2.20. The Balaban J connectivity index is 0.000000564. The van der Waals surface area contributed by atoms with Crippen molar-refractivity contribution in [3.8, 4) is 11.1 Å². The lowest BCUT2D eigenvalue weighted by molar-refractivity contribution is -0.140. The smallest absolute Gasteiger partial charge is 0.408 e. The van der Waals surface area contributed by atoms with Crippen LogP contribution in [0.25, 0.3) is 11.1 Å². The fourth-order valence-corrected chi connectivity index (χ4v) is 6.06. The van der Waals surface area contributed by atoms with Gasteiger partial charge < -0.3 is 71.3 Å². The summed E-state index contributed by atoms with van der Waals surface area (Å²) in [6.07, 6.45) is 1.25. The Morgan fingerprint density at radius 3 is 1.30 bits per heavy atom. The fourth-order valence-electron chi connectivity index (χ4n) is 6.06. The lowest BCUT2D eigenvalue weighted by Crippen LogP contribution is -2.41. The standard InChI is InChI=1S/C24H26N2O6.C14H24N2O6.C10H20N2O4/c1-2-14-31-24(30)26-21(22(27)28)12-7-13-25-23(29)32-15-20-18-10-5-3-8-16(18)17-9-4-6-11-19(17)20;1-5-9-21-13(20)16-10(11(17)18)7-6-8-15-12(19)22-14(2,3)4;1-10(2,3)16-9(15)12-6-4-5-7(11)8(13)14/h2-6,8-11,20-21H,1,7,12-15H2,(H,25,29)(H,26,30)(H,27,28);5,10H,1,6-9H2,2-4H3,(H,15,19)(H,16,20)(H,17,18);7H,4-6,11H2,1-3H3,(H,12,15)(H,13,14)/t21-;10-;7-/m000/s1. The Morgan fingerprint density at radius 2 is 0.943 bits per heavy atom. The molecule has 0 saturated heterocycles. The van der Waals surface area contributed by atoms with Gasteiger partial charge in [-0.15, -0.1) is 0 Å². The summed E-state index contributed by atoms with van der Waals surface area (Å²) >= 11 is 0. The molecule has 0 spiro atoms. The number of carbonyl (C=O) groups excluding carboxylic acids is 5. The second-order valence-corrected chi connectivity index (χ2v) is 17.3. The van der Waals surface area contributed by atoms with Crippen molar-refractivity contribution in [3.63, 3.8) is 0 Å². The summed E-state index contributed by atoms with van der Waals surface area (Å²) in [4.78, 5) is 90.2. The molecule has 388 valence electrons. The number of carboxylic acid groups (broad SMARTS) is 3. The van der Waals surface area contributed by atoms with Crippen LogP contribution in [0.15, 0.2) is 73.8 Å². The number of carbonyl (C=O) groups is 8. The molecule has 0 heterocycles. The van der Waals surface area contributed by atoms with Crippen LogP contribution in [-0.2, 0) is 38.1 Å². The Kier molecular flexibility index (Phi) is 27.4. The Hall–Kier alpha value is -7.36. The monoisotopic (exact) mass is 986 g/mol.